The quantitative estimate of drug-likeness (QED) is 0.627. The molecular weight excluding hydrogens is 232 g/mol. The van der Waals surface area contributed by atoms with Crippen molar-refractivity contribution in [3.63, 3.8) is 0 Å². The summed E-state index contributed by atoms with van der Waals surface area (Å²) < 4.78 is 10.6. The van der Waals surface area contributed by atoms with Crippen molar-refractivity contribution < 1.29 is 19.1 Å². The van der Waals surface area contributed by atoms with Gasteiger partial charge in [0.15, 0.2) is 0 Å². The van der Waals surface area contributed by atoms with Gasteiger partial charge in [-0.15, -0.1) is 0 Å². The maximum Gasteiger partial charge on any atom is 0.306 e. The second kappa shape index (κ2) is 8.11. The average Bonchev–Trinajstić information content (AvgIpc) is 2.14. The van der Waals surface area contributed by atoms with Gasteiger partial charge in [0.2, 0.25) is 0 Å². The van der Waals surface area contributed by atoms with E-state index in [1.807, 2.05) is 34.6 Å². The predicted octanol–water partition coefficient (Wildman–Crippen LogP) is 3.23. The van der Waals surface area contributed by atoms with Gasteiger partial charge >= 0.3 is 11.9 Å². The van der Waals surface area contributed by atoms with Crippen molar-refractivity contribution in [3.8, 4) is 0 Å². The molecule has 0 aliphatic heterocycles. The Labute approximate surface area is 110 Å². The smallest absolute Gasteiger partial charge is 0.306 e. The molecule has 0 heterocycles. The van der Waals surface area contributed by atoms with Crippen LogP contribution in [0.4, 0.5) is 0 Å². The Morgan fingerprint density at radius 3 is 2.06 bits per heavy atom. The van der Waals surface area contributed by atoms with Crippen LogP contribution in [0.3, 0.4) is 0 Å². The van der Waals surface area contributed by atoms with Gasteiger partial charge in [-0.2, -0.15) is 0 Å². The highest BCUT2D eigenvalue weighted by Gasteiger charge is 2.26. The summed E-state index contributed by atoms with van der Waals surface area (Å²) in [5.41, 5.74) is -0.599. The second-order valence-electron chi connectivity index (χ2n) is 5.24. The molecule has 106 valence electrons. The summed E-state index contributed by atoms with van der Waals surface area (Å²) in [6.45, 7) is 9.37. The highest BCUT2D eigenvalue weighted by molar-refractivity contribution is 5.70. The molecule has 0 radical (unpaired) electrons. The summed E-state index contributed by atoms with van der Waals surface area (Å²) in [6.07, 6.45) is 2.68. The number of hydrogen-bond donors (Lipinski definition) is 0. The lowest BCUT2D eigenvalue weighted by molar-refractivity contribution is -0.162. The van der Waals surface area contributed by atoms with Crippen molar-refractivity contribution in [3.05, 3.63) is 0 Å². The molecule has 1 atom stereocenters. The van der Waals surface area contributed by atoms with Gasteiger partial charge in [0.25, 0.3) is 0 Å². The summed E-state index contributed by atoms with van der Waals surface area (Å²) in [4.78, 5) is 22.8. The summed E-state index contributed by atoms with van der Waals surface area (Å²) in [5, 5.41) is 0. The van der Waals surface area contributed by atoms with E-state index in [0.717, 1.165) is 12.8 Å². The minimum absolute atomic E-state index is 0.194. The number of carbonyl (C=O) groups excluding carboxylic acids is 2. The molecule has 0 spiro atoms. The zero-order chi connectivity index (χ0) is 14.2. The highest BCUT2D eigenvalue weighted by Crippen LogP contribution is 2.20. The van der Waals surface area contributed by atoms with Gasteiger partial charge < -0.3 is 9.47 Å². The lowest BCUT2D eigenvalue weighted by Gasteiger charge is -2.28. The maximum atomic E-state index is 11.4. The standard InChI is InChI=1S/C14H26O4/c1-6-8-12(15)17-11(3)10-14(4,5)18-13(16)9-7-2/h11H,6-10H2,1-5H3. The summed E-state index contributed by atoms with van der Waals surface area (Å²) in [5.74, 6) is -0.393. The van der Waals surface area contributed by atoms with E-state index in [1.54, 1.807) is 0 Å². The molecule has 0 rings (SSSR count). The molecule has 4 nitrogen and oxygen atoms in total. The van der Waals surface area contributed by atoms with Crippen molar-refractivity contribution in [2.75, 3.05) is 0 Å². The zero-order valence-corrected chi connectivity index (χ0v) is 12.2. The van der Waals surface area contributed by atoms with Gasteiger partial charge in [-0.25, -0.2) is 0 Å². The molecule has 0 bridgehead atoms. The molecule has 0 aliphatic carbocycles. The number of rotatable bonds is 8. The number of esters is 2. The van der Waals surface area contributed by atoms with Crippen molar-refractivity contribution >= 4 is 11.9 Å². The van der Waals surface area contributed by atoms with Gasteiger partial charge in [0, 0.05) is 19.3 Å². The van der Waals surface area contributed by atoms with Gasteiger partial charge in [-0.3, -0.25) is 9.59 Å². The van der Waals surface area contributed by atoms with Crippen molar-refractivity contribution in [1.82, 2.24) is 0 Å². The van der Waals surface area contributed by atoms with Crippen LogP contribution >= 0.6 is 0 Å². The third-order valence-electron chi connectivity index (χ3n) is 2.41. The Balaban J connectivity index is 4.13. The Hall–Kier alpha value is -1.06. The van der Waals surface area contributed by atoms with E-state index in [2.05, 4.69) is 0 Å². The van der Waals surface area contributed by atoms with Crippen molar-refractivity contribution in [2.45, 2.75) is 78.4 Å². The average molecular weight is 258 g/mol. The molecule has 0 saturated carbocycles. The van der Waals surface area contributed by atoms with Crippen molar-refractivity contribution in [2.24, 2.45) is 0 Å². The molecule has 18 heavy (non-hydrogen) atoms. The molecule has 0 fully saturated rings. The molecule has 0 amide bonds. The molecule has 0 N–H and O–H groups in total. The first-order valence-corrected chi connectivity index (χ1v) is 6.72. The van der Waals surface area contributed by atoms with Crippen LogP contribution in [-0.2, 0) is 19.1 Å². The third kappa shape index (κ3) is 8.09. The summed E-state index contributed by atoms with van der Waals surface area (Å²) in [6, 6.07) is 0. The van der Waals surface area contributed by atoms with E-state index in [4.69, 9.17) is 9.47 Å². The summed E-state index contributed by atoms with van der Waals surface area (Å²) >= 11 is 0. The van der Waals surface area contributed by atoms with Crippen LogP contribution in [0.15, 0.2) is 0 Å². The van der Waals surface area contributed by atoms with Crippen LogP contribution in [0.25, 0.3) is 0 Å². The zero-order valence-electron chi connectivity index (χ0n) is 12.2. The largest absolute Gasteiger partial charge is 0.462 e. The van der Waals surface area contributed by atoms with E-state index in [9.17, 15) is 9.59 Å². The molecule has 0 saturated heterocycles. The van der Waals surface area contributed by atoms with Gasteiger partial charge in [-0.05, 0) is 33.6 Å². The second-order valence-corrected chi connectivity index (χ2v) is 5.24. The van der Waals surface area contributed by atoms with E-state index >= 15 is 0 Å². The van der Waals surface area contributed by atoms with E-state index in [1.165, 1.54) is 0 Å². The minimum Gasteiger partial charge on any atom is -0.462 e. The fourth-order valence-corrected chi connectivity index (χ4v) is 1.83. The van der Waals surface area contributed by atoms with Crippen LogP contribution in [0.2, 0.25) is 0 Å². The van der Waals surface area contributed by atoms with Gasteiger partial charge in [0.05, 0.1) is 0 Å². The van der Waals surface area contributed by atoms with Crippen molar-refractivity contribution in [1.29, 1.82) is 0 Å². The lowest BCUT2D eigenvalue weighted by atomic mass is 10.0. The monoisotopic (exact) mass is 258 g/mol. The Morgan fingerprint density at radius 1 is 1.06 bits per heavy atom. The molecular formula is C14H26O4. The number of hydrogen-bond acceptors (Lipinski definition) is 4. The predicted molar refractivity (Wildman–Crippen MR) is 70.2 cm³/mol. The van der Waals surface area contributed by atoms with Crippen LogP contribution in [0.5, 0.6) is 0 Å². The van der Waals surface area contributed by atoms with Crippen LogP contribution in [0.1, 0.15) is 66.7 Å². The van der Waals surface area contributed by atoms with Gasteiger partial charge in [0.1, 0.15) is 11.7 Å². The topological polar surface area (TPSA) is 52.6 Å². The minimum atomic E-state index is -0.599. The fourth-order valence-electron chi connectivity index (χ4n) is 1.83. The Kier molecular flexibility index (Phi) is 7.64. The molecule has 0 aromatic heterocycles. The normalized spacial score (nSPS) is 12.9. The highest BCUT2D eigenvalue weighted by atomic mass is 16.6. The molecule has 1 unspecified atom stereocenters. The molecule has 4 heteroatoms. The van der Waals surface area contributed by atoms with E-state index < -0.39 is 5.60 Å². The first-order valence-electron chi connectivity index (χ1n) is 6.72. The van der Waals surface area contributed by atoms with E-state index in [0.29, 0.717) is 19.3 Å². The number of carbonyl (C=O) groups is 2. The maximum absolute atomic E-state index is 11.4. The molecule has 0 aromatic carbocycles. The lowest BCUT2D eigenvalue weighted by Crippen LogP contribution is -2.33. The van der Waals surface area contributed by atoms with Crippen LogP contribution < -0.4 is 0 Å². The first kappa shape index (κ1) is 16.9. The van der Waals surface area contributed by atoms with Gasteiger partial charge in [-0.1, -0.05) is 13.8 Å². The first-order chi connectivity index (χ1) is 8.30. The molecule has 0 aromatic rings. The summed E-state index contributed by atoms with van der Waals surface area (Å²) in [7, 11) is 0. The fraction of sp³-hybridized carbons (Fsp3) is 0.857. The Bertz CT molecular complexity index is 271. The number of ether oxygens (including phenoxy) is 2. The molecule has 0 aliphatic rings. The van der Waals surface area contributed by atoms with E-state index in [-0.39, 0.29) is 18.0 Å². The van der Waals surface area contributed by atoms with Crippen LogP contribution in [-0.4, -0.2) is 23.6 Å². The van der Waals surface area contributed by atoms with Crippen LogP contribution in [0, 0.1) is 0 Å². The SMILES string of the molecule is CCCC(=O)OC(C)CC(C)(C)OC(=O)CCC. The Morgan fingerprint density at radius 2 is 1.56 bits per heavy atom. The third-order valence-corrected chi connectivity index (χ3v) is 2.41.